The average molecular weight is 847 g/mol. The molecular formula is C46H74N2O8S2. The van der Waals surface area contributed by atoms with Gasteiger partial charge in [0.15, 0.2) is 0 Å². The number of benzene rings is 2. The first-order valence-electron chi connectivity index (χ1n) is 21.3. The second kappa shape index (κ2) is 28.3. The summed E-state index contributed by atoms with van der Waals surface area (Å²) in [4.78, 5) is 23.5. The number of sulfonamides is 2. The van der Waals surface area contributed by atoms with Gasteiger partial charge >= 0.3 is 11.9 Å². The Labute approximate surface area is 352 Å². The van der Waals surface area contributed by atoms with E-state index in [1.165, 1.54) is 89.2 Å². The first-order valence-corrected chi connectivity index (χ1v) is 24.4. The van der Waals surface area contributed by atoms with Crippen LogP contribution in [0.4, 0.5) is 0 Å². The lowest BCUT2D eigenvalue weighted by Crippen LogP contribution is -2.23. The fourth-order valence-corrected chi connectivity index (χ4v) is 7.11. The Hall–Kier alpha value is -3.24. The minimum absolute atomic E-state index is 0.0909. The topological polar surface area (TPSA) is 173 Å². The summed E-state index contributed by atoms with van der Waals surface area (Å²) < 4.78 is 55.5. The first-order chi connectivity index (χ1) is 27.2. The number of primary sulfonamides is 2. The quantitative estimate of drug-likeness (QED) is 0.0564. The van der Waals surface area contributed by atoms with Crippen molar-refractivity contribution in [1.82, 2.24) is 0 Å². The van der Waals surface area contributed by atoms with Crippen molar-refractivity contribution in [3.8, 4) is 11.8 Å². The largest absolute Gasteiger partial charge is 0.460 e. The summed E-state index contributed by atoms with van der Waals surface area (Å²) in [6.45, 7) is 11.4. The normalized spacial score (nSPS) is 11.9. The SMILES string of the molecule is CC(C)(C)OC(=O)CCCCCCCCCCCC#Cc1ccc(S(N)(=O)=O)cc1.CC(C)(C)OC(=O)CCCCCCCCCCCc1ccc(S(N)(=O)=O)cc1. The minimum atomic E-state index is -3.64. The van der Waals surface area contributed by atoms with E-state index in [0.717, 1.165) is 62.5 Å². The van der Waals surface area contributed by atoms with Crippen molar-refractivity contribution in [3.05, 3.63) is 59.7 Å². The molecule has 10 nitrogen and oxygen atoms in total. The van der Waals surface area contributed by atoms with Crippen molar-refractivity contribution in [1.29, 1.82) is 0 Å². The third-order valence-corrected chi connectivity index (χ3v) is 10.9. The van der Waals surface area contributed by atoms with E-state index >= 15 is 0 Å². The van der Waals surface area contributed by atoms with Crippen molar-refractivity contribution in [2.45, 2.75) is 204 Å². The van der Waals surface area contributed by atoms with Crippen LogP contribution in [0.2, 0.25) is 0 Å². The summed E-state index contributed by atoms with van der Waals surface area (Å²) >= 11 is 0. The van der Waals surface area contributed by atoms with Crippen molar-refractivity contribution in [2.24, 2.45) is 10.3 Å². The van der Waals surface area contributed by atoms with Gasteiger partial charge in [-0.1, -0.05) is 114 Å². The Balaban J connectivity index is 0.000000581. The lowest BCUT2D eigenvalue weighted by Gasteiger charge is -2.19. The van der Waals surface area contributed by atoms with Gasteiger partial charge < -0.3 is 9.47 Å². The van der Waals surface area contributed by atoms with E-state index in [1.54, 1.807) is 24.3 Å². The maximum absolute atomic E-state index is 11.6. The molecule has 0 fully saturated rings. The van der Waals surface area contributed by atoms with E-state index in [-0.39, 0.29) is 32.9 Å². The molecule has 0 aliphatic carbocycles. The Morgan fingerprint density at radius 3 is 1.19 bits per heavy atom. The third-order valence-electron chi connectivity index (χ3n) is 9.04. The maximum Gasteiger partial charge on any atom is 0.306 e. The monoisotopic (exact) mass is 846 g/mol. The fraction of sp³-hybridized carbons (Fsp3) is 0.652. The summed E-state index contributed by atoms with van der Waals surface area (Å²) in [5, 5.41) is 10.2. The third kappa shape index (κ3) is 29.9. The number of ether oxygens (including phenoxy) is 2. The van der Waals surface area contributed by atoms with Gasteiger partial charge in [-0.25, -0.2) is 27.1 Å². The molecule has 58 heavy (non-hydrogen) atoms. The van der Waals surface area contributed by atoms with Gasteiger partial charge in [0.25, 0.3) is 0 Å². The van der Waals surface area contributed by atoms with Gasteiger partial charge in [0.2, 0.25) is 20.0 Å². The molecule has 2 aromatic carbocycles. The lowest BCUT2D eigenvalue weighted by atomic mass is 10.0. The van der Waals surface area contributed by atoms with E-state index in [2.05, 4.69) is 11.8 Å². The van der Waals surface area contributed by atoms with Gasteiger partial charge in [0, 0.05) is 24.8 Å². The molecule has 0 radical (unpaired) electrons. The van der Waals surface area contributed by atoms with Gasteiger partial charge in [0.05, 0.1) is 9.79 Å². The van der Waals surface area contributed by atoms with Crippen LogP contribution in [-0.2, 0) is 45.5 Å². The highest BCUT2D eigenvalue weighted by atomic mass is 32.2. The Kier molecular flexibility index (Phi) is 25.7. The predicted molar refractivity (Wildman–Crippen MR) is 235 cm³/mol. The zero-order valence-corrected chi connectivity index (χ0v) is 38.0. The molecule has 12 heteroatoms. The van der Waals surface area contributed by atoms with E-state index < -0.39 is 20.0 Å². The highest BCUT2D eigenvalue weighted by Crippen LogP contribution is 2.17. The number of aryl methyl sites for hydroxylation is 1. The second-order valence-electron chi connectivity index (χ2n) is 17.1. The molecule has 0 aromatic heterocycles. The molecule has 0 saturated carbocycles. The fourth-order valence-electron chi connectivity index (χ4n) is 6.08. The van der Waals surface area contributed by atoms with Crippen LogP contribution in [0, 0.1) is 11.8 Å². The van der Waals surface area contributed by atoms with Crippen LogP contribution in [0.5, 0.6) is 0 Å². The number of hydrogen-bond donors (Lipinski definition) is 2. The summed E-state index contributed by atoms with van der Waals surface area (Å²) in [6.07, 6.45) is 23.7. The molecule has 328 valence electrons. The minimum Gasteiger partial charge on any atom is -0.460 e. The number of unbranched alkanes of at least 4 members (excludes halogenated alkanes) is 17. The zero-order valence-electron chi connectivity index (χ0n) is 36.4. The van der Waals surface area contributed by atoms with E-state index in [9.17, 15) is 26.4 Å². The smallest absolute Gasteiger partial charge is 0.306 e. The highest BCUT2D eigenvalue weighted by Gasteiger charge is 2.16. The number of nitrogens with two attached hydrogens (primary N) is 2. The summed E-state index contributed by atoms with van der Waals surface area (Å²) in [7, 11) is -7.24. The molecule has 4 N–H and O–H groups in total. The van der Waals surface area contributed by atoms with E-state index in [0.29, 0.717) is 12.8 Å². The highest BCUT2D eigenvalue weighted by molar-refractivity contribution is 7.89. The summed E-state index contributed by atoms with van der Waals surface area (Å²) in [6, 6.07) is 13.2. The van der Waals surface area contributed by atoms with Crippen LogP contribution in [0.25, 0.3) is 0 Å². The average Bonchev–Trinajstić information content (AvgIpc) is 3.11. The van der Waals surface area contributed by atoms with Crippen molar-refractivity contribution < 1.29 is 35.9 Å². The molecular weight excluding hydrogens is 773 g/mol. The van der Waals surface area contributed by atoms with Gasteiger partial charge in [0.1, 0.15) is 11.2 Å². The molecule has 2 aromatic rings. The van der Waals surface area contributed by atoms with Crippen LogP contribution < -0.4 is 10.3 Å². The van der Waals surface area contributed by atoms with E-state index in [1.807, 2.05) is 53.7 Å². The summed E-state index contributed by atoms with van der Waals surface area (Å²) in [5.41, 5.74) is 1.18. The molecule has 0 heterocycles. The molecule has 0 aliphatic rings. The van der Waals surface area contributed by atoms with Crippen LogP contribution in [-0.4, -0.2) is 40.0 Å². The molecule has 0 atom stereocenters. The van der Waals surface area contributed by atoms with Gasteiger partial charge in [-0.05, 0) is 116 Å². The maximum atomic E-state index is 11.6. The van der Waals surface area contributed by atoms with Crippen LogP contribution in [0.15, 0.2) is 58.3 Å². The van der Waals surface area contributed by atoms with Crippen LogP contribution in [0.1, 0.15) is 188 Å². The number of esters is 2. The van der Waals surface area contributed by atoms with Crippen LogP contribution >= 0.6 is 0 Å². The summed E-state index contributed by atoms with van der Waals surface area (Å²) in [5.74, 6) is 6.01. The number of carbonyl (C=O) groups excluding carboxylic acids is 2. The molecule has 0 unspecified atom stereocenters. The van der Waals surface area contributed by atoms with Gasteiger partial charge in [-0.15, -0.1) is 0 Å². The van der Waals surface area contributed by atoms with Crippen molar-refractivity contribution in [2.75, 3.05) is 0 Å². The molecule has 0 aliphatic heterocycles. The second-order valence-corrected chi connectivity index (χ2v) is 20.2. The molecule has 2 rings (SSSR count). The standard InChI is InChI=1S/C24H37NO4S.C22H37NO4S/c1-24(2,3)29-23(26)16-14-12-10-8-6-4-5-7-9-11-13-15-21-17-19-22(20-18-21)30(25,27)28;1-22(2,3)27-21(24)14-12-10-8-6-4-5-7-9-11-13-19-15-17-20(18-16-19)28(23,25)26/h17-20H,4-12,14,16H2,1-3H3,(H2,25,27,28);15-18H,4-14H2,1-3H3,(H2,23,25,26). The predicted octanol–water partition coefficient (Wildman–Crippen LogP) is 10.4. The molecule has 0 saturated heterocycles. The Morgan fingerprint density at radius 2 is 0.828 bits per heavy atom. The number of rotatable bonds is 25. The lowest BCUT2D eigenvalue weighted by molar-refractivity contribution is -0.156. The number of carbonyl (C=O) groups is 2. The molecule has 0 spiro atoms. The Bertz CT molecular complexity index is 1730. The zero-order chi connectivity index (χ0) is 43.5. The van der Waals surface area contributed by atoms with E-state index in [4.69, 9.17) is 19.8 Å². The van der Waals surface area contributed by atoms with Gasteiger partial charge in [-0.2, -0.15) is 0 Å². The van der Waals surface area contributed by atoms with Gasteiger partial charge in [-0.3, -0.25) is 9.59 Å². The molecule has 0 amide bonds. The first kappa shape index (κ1) is 52.8. The number of hydrogen-bond acceptors (Lipinski definition) is 8. The van der Waals surface area contributed by atoms with Crippen molar-refractivity contribution in [3.63, 3.8) is 0 Å². The van der Waals surface area contributed by atoms with Crippen LogP contribution in [0.3, 0.4) is 0 Å². The Morgan fingerprint density at radius 1 is 0.500 bits per heavy atom. The van der Waals surface area contributed by atoms with Crippen molar-refractivity contribution >= 4 is 32.0 Å². The molecule has 0 bridgehead atoms.